The number of halogens is 6. The molecule has 5 aromatic carbocycles. The fraction of sp³-hybridized carbons (Fsp3) is 0.410. The quantitative estimate of drug-likeness (QED) is 0.0556. The molecule has 6 aromatic rings. The van der Waals surface area contributed by atoms with Crippen LogP contribution in [0.25, 0.3) is 0 Å². The van der Waals surface area contributed by atoms with Gasteiger partial charge >= 0.3 is 0 Å². The smallest absolute Gasteiger partial charge is 0.140 e. The molecule has 0 amide bonds. The highest BCUT2D eigenvalue weighted by Gasteiger charge is 2.35. The van der Waals surface area contributed by atoms with Gasteiger partial charge in [0, 0.05) is 43.4 Å². The first-order valence-electron chi connectivity index (χ1n) is 30.8. The van der Waals surface area contributed by atoms with E-state index >= 15 is 0 Å². The summed E-state index contributed by atoms with van der Waals surface area (Å²) >= 11 is 0. The van der Waals surface area contributed by atoms with Crippen LogP contribution in [0.4, 0.5) is 26.3 Å². The van der Waals surface area contributed by atoms with Crippen LogP contribution in [0, 0.1) is 74.1 Å². The third-order valence-corrected chi connectivity index (χ3v) is 16.6. The number of likely N-dealkylation sites (N-methyl/N-ethyl adjacent to an activating group) is 3. The van der Waals surface area contributed by atoms with E-state index in [0.29, 0.717) is 83.4 Å². The highest BCUT2D eigenvalue weighted by Crippen LogP contribution is 2.38. The first-order valence-corrected chi connectivity index (χ1v) is 30.8. The van der Waals surface area contributed by atoms with Crippen molar-refractivity contribution < 1.29 is 30.8 Å². The Morgan fingerprint density at radius 1 is 0.484 bits per heavy atom. The molecule has 0 aliphatic heterocycles. The fourth-order valence-corrected chi connectivity index (χ4v) is 11.3. The SMILES string of the molecule is C#CCN(C)C(C)C(F)c1ccccc1.C#CCN(C)C(CF)Cc1ccccc1.C#CCN(C)C(CF)Cc1ccco1.C#CCN(C)C1CC(F)Cc2ccccc21.C#CCN(C)C1c2ccccc2CC1F.C#CCN(C)C1c2ccccc2CCC1F. The van der Waals surface area contributed by atoms with E-state index in [1.165, 1.54) is 11.1 Å². The second-order valence-corrected chi connectivity index (χ2v) is 23.2. The summed E-state index contributed by atoms with van der Waals surface area (Å²) in [5, 5.41) is 0. The van der Waals surface area contributed by atoms with Gasteiger partial charge in [-0.3, -0.25) is 29.4 Å². The molecule has 0 bridgehead atoms. The van der Waals surface area contributed by atoms with Crippen LogP contribution in [-0.2, 0) is 32.1 Å². The van der Waals surface area contributed by atoms with E-state index in [1.54, 1.807) is 24.5 Å². The highest BCUT2D eigenvalue weighted by atomic mass is 19.2. The Hall–Kier alpha value is -7.92. The lowest BCUT2D eigenvalue weighted by atomic mass is 9.85. The number of alkyl halides is 6. The van der Waals surface area contributed by atoms with Gasteiger partial charge in [-0.2, -0.15) is 0 Å². The molecular formula is C78H92F6N6O. The van der Waals surface area contributed by atoms with Crippen molar-refractivity contribution in [3.63, 3.8) is 0 Å². The Morgan fingerprint density at radius 2 is 0.923 bits per heavy atom. The Kier molecular flexibility index (Phi) is 34.4. The summed E-state index contributed by atoms with van der Waals surface area (Å²) in [6, 6.07) is 46.0. The Morgan fingerprint density at radius 3 is 1.44 bits per heavy atom. The molecule has 10 unspecified atom stereocenters. The van der Waals surface area contributed by atoms with Gasteiger partial charge < -0.3 is 4.42 Å². The molecular weight excluding hydrogens is 1150 g/mol. The lowest BCUT2D eigenvalue weighted by Crippen LogP contribution is -2.35. The second-order valence-electron chi connectivity index (χ2n) is 23.2. The zero-order valence-corrected chi connectivity index (χ0v) is 54.1. The van der Waals surface area contributed by atoms with Gasteiger partial charge in [0.1, 0.15) is 43.8 Å². The lowest BCUT2D eigenvalue weighted by Gasteiger charge is -2.34. The van der Waals surface area contributed by atoms with Crippen LogP contribution in [0.5, 0.6) is 0 Å². The van der Waals surface area contributed by atoms with Gasteiger partial charge in [0.15, 0.2) is 0 Å². The molecule has 0 radical (unpaired) electrons. The molecule has 0 fully saturated rings. The maximum absolute atomic E-state index is 14.0. The monoisotopic (exact) mass is 1240 g/mol. The van der Waals surface area contributed by atoms with Gasteiger partial charge in [-0.1, -0.05) is 169 Å². The van der Waals surface area contributed by atoms with E-state index in [9.17, 15) is 26.3 Å². The van der Waals surface area contributed by atoms with Crippen molar-refractivity contribution in [2.75, 3.05) is 94.9 Å². The molecule has 7 nitrogen and oxygen atoms in total. The summed E-state index contributed by atoms with van der Waals surface area (Å²) in [6.45, 7) is 4.00. The van der Waals surface area contributed by atoms with Gasteiger partial charge in [0.2, 0.25) is 0 Å². The largest absolute Gasteiger partial charge is 0.469 e. The number of terminal acetylenes is 6. The summed E-state index contributed by atoms with van der Waals surface area (Å²) in [4.78, 5) is 11.4. The second kappa shape index (κ2) is 41.5. The molecule has 9 rings (SSSR count). The minimum absolute atomic E-state index is 0.121. The van der Waals surface area contributed by atoms with Gasteiger partial charge in [-0.25, -0.2) is 26.3 Å². The number of hydrogen-bond acceptors (Lipinski definition) is 7. The molecule has 0 N–H and O–H groups in total. The number of hydrogen-bond donors (Lipinski definition) is 0. The first kappa shape index (κ1) is 75.5. The maximum Gasteiger partial charge on any atom is 0.140 e. The molecule has 0 saturated carbocycles. The van der Waals surface area contributed by atoms with Crippen LogP contribution in [0.3, 0.4) is 0 Å². The number of aryl methyl sites for hydroxylation is 1. The summed E-state index contributed by atoms with van der Waals surface area (Å²) in [6.07, 6.45) is 33.9. The number of benzene rings is 5. The topological polar surface area (TPSA) is 32.6 Å². The van der Waals surface area contributed by atoms with E-state index in [2.05, 4.69) is 47.7 Å². The predicted octanol–water partition coefficient (Wildman–Crippen LogP) is 13.8. The molecule has 91 heavy (non-hydrogen) atoms. The number of nitrogens with zero attached hydrogens (tertiary/aromatic N) is 6. The van der Waals surface area contributed by atoms with Crippen molar-refractivity contribution in [1.82, 2.24) is 29.4 Å². The molecule has 3 aliphatic rings. The minimum Gasteiger partial charge on any atom is -0.469 e. The van der Waals surface area contributed by atoms with Crippen LogP contribution < -0.4 is 0 Å². The zero-order valence-electron chi connectivity index (χ0n) is 54.1. The standard InChI is InChI=1S/2C14H16FN.C13H14FN.2C13H16FN.C11H14FNO/c1-3-10-16(2)14-12-7-5-4-6-11(12)8-9-13(14)15;1-3-8-16(2)14-10-12(15)9-11-6-4-5-7-13(11)14;1-3-8-15(2)13-11-7-5-4-6-10(11)9-12(13)14;1-4-10-15(3)11(2)13(14)12-8-6-5-7-9-12;1-3-9-15(2)13(11-14)10-12-7-5-4-6-8-12;1-3-6-13(2)10(9-12)8-11-5-4-7-14-11/h1,4-7,13-14H,8-10H2,2H3;1,4-7,12,14H,8-10H2,2H3;1,4-7,12-13H,8-9H2,2H3;1,5-9,11,13H,10H2,2-3H3;1,4-8,13H,9-11H2,2H3;1,4-5,7,10H,6,8-9H2,2H3. The Balaban J connectivity index is 0.000000233. The highest BCUT2D eigenvalue weighted by molar-refractivity contribution is 5.37. The van der Waals surface area contributed by atoms with E-state index in [1.807, 2.05) is 194 Å². The van der Waals surface area contributed by atoms with Crippen molar-refractivity contribution in [3.05, 3.63) is 202 Å². The molecule has 0 saturated heterocycles. The zero-order chi connectivity index (χ0) is 66.7. The number of fused-ring (bicyclic) bond motifs is 3. The van der Waals surface area contributed by atoms with E-state index in [-0.39, 0.29) is 42.9 Å². The average molecular weight is 1240 g/mol. The molecule has 1 aromatic heterocycles. The third kappa shape index (κ3) is 24.3. The predicted molar refractivity (Wildman–Crippen MR) is 363 cm³/mol. The van der Waals surface area contributed by atoms with Crippen LogP contribution in [0.1, 0.15) is 94.3 Å². The van der Waals surface area contributed by atoms with Crippen LogP contribution >= 0.6 is 0 Å². The van der Waals surface area contributed by atoms with Crippen molar-refractivity contribution >= 4 is 0 Å². The minimum atomic E-state index is -0.996. The summed E-state index contributed by atoms with van der Waals surface area (Å²) in [5.74, 6) is 16.1. The van der Waals surface area contributed by atoms with Crippen LogP contribution in [0.2, 0.25) is 0 Å². The number of furan rings is 1. The Bertz CT molecular complexity index is 3250. The van der Waals surface area contributed by atoms with Crippen molar-refractivity contribution in [2.45, 2.75) is 113 Å². The van der Waals surface area contributed by atoms with E-state index in [4.69, 9.17) is 43.0 Å². The third-order valence-electron chi connectivity index (χ3n) is 16.6. The number of rotatable bonds is 20. The summed E-state index contributed by atoms with van der Waals surface area (Å²) < 4.78 is 86.1. The normalized spacial score (nSPS) is 18.7. The van der Waals surface area contributed by atoms with Gasteiger partial charge in [-0.15, -0.1) is 38.5 Å². The van der Waals surface area contributed by atoms with E-state index in [0.717, 1.165) is 40.0 Å². The first-order chi connectivity index (χ1) is 43.9. The van der Waals surface area contributed by atoms with E-state index < -0.39 is 31.4 Å². The van der Waals surface area contributed by atoms with Gasteiger partial charge in [0.05, 0.1) is 57.6 Å². The average Bonchev–Trinajstić information content (AvgIpc) is 2.67. The molecule has 0 spiro atoms. The molecule has 10 atom stereocenters. The lowest BCUT2D eigenvalue weighted by molar-refractivity contribution is 0.131. The van der Waals surface area contributed by atoms with Crippen molar-refractivity contribution in [1.29, 1.82) is 0 Å². The Labute approximate surface area is 541 Å². The van der Waals surface area contributed by atoms with Crippen molar-refractivity contribution in [2.24, 2.45) is 0 Å². The molecule has 1 heterocycles. The van der Waals surface area contributed by atoms with Crippen molar-refractivity contribution in [3.8, 4) is 74.1 Å². The van der Waals surface area contributed by atoms with Crippen LogP contribution in [-0.4, -0.2) is 161 Å². The molecule has 3 aliphatic carbocycles. The van der Waals surface area contributed by atoms with Gasteiger partial charge in [-0.05, 0) is 132 Å². The summed E-state index contributed by atoms with van der Waals surface area (Å²) in [7, 11) is 11.2. The van der Waals surface area contributed by atoms with Crippen LogP contribution in [0.15, 0.2) is 156 Å². The molecule has 482 valence electrons. The fourth-order valence-electron chi connectivity index (χ4n) is 11.3. The molecule has 13 heteroatoms. The van der Waals surface area contributed by atoms with Gasteiger partial charge in [0.25, 0.3) is 0 Å². The maximum atomic E-state index is 14.0. The summed E-state index contributed by atoms with van der Waals surface area (Å²) in [5.41, 5.74) is 8.74.